The number of piperidine rings is 1. The Labute approximate surface area is 385 Å². The molecule has 4 aromatic heterocycles. The van der Waals surface area contributed by atoms with Crippen LogP contribution in [0.3, 0.4) is 0 Å². The number of amides is 2. The monoisotopic (exact) mass is 902 g/mol. The van der Waals surface area contributed by atoms with Crippen LogP contribution in [0.4, 0.5) is 0 Å². The summed E-state index contributed by atoms with van der Waals surface area (Å²) in [5.41, 5.74) is 3.88. The van der Waals surface area contributed by atoms with Crippen LogP contribution in [0.5, 0.6) is 11.5 Å². The third kappa shape index (κ3) is 7.89. The Morgan fingerprint density at radius 3 is 2.18 bits per heavy atom. The molecule has 4 atom stereocenters. The van der Waals surface area contributed by atoms with Gasteiger partial charge in [0.15, 0.2) is 0 Å². The number of likely N-dealkylation sites (tertiary alicyclic amines) is 1. The number of methoxy groups -OCH3 is 2. The zero-order valence-electron chi connectivity index (χ0n) is 36.3. The van der Waals surface area contributed by atoms with Gasteiger partial charge in [-0.15, -0.1) is 0 Å². The van der Waals surface area contributed by atoms with Gasteiger partial charge in [-0.25, -0.2) is 19.9 Å². The highest BCUT2D eigenvalue weighted by Crippen LogP contribution is 2.53. The Hall–Kier alpha value is -6.94. The molecule has 8 aromatic rings. The molecule has 1 aliphatic carbocycles. The number of H-pyrrole nitrogens is 2. The van der Waals surface area contributed by atoms with E-state index in [1.54, 1.807) is 44.5 Å². The fraction of sp³-hybridized carbons (Fsp3) is 0.255. The summed E-state index contributed by atoms with van der Waals surface area (Å²) in [6.45, 7) is 4.25. The zero-order valence-corrected chi connectivity index (χ0v) is 37.8. The minimum Gasteiger partial charge on any atom is -0.496 e. The highest BCUT2D eigenvalue weighted by Gasteiger charge is 2.55. The van der Waals surface area contributed by atoms with Crippen molar-refractivity contribution in [1.82, 2.24) is 39.7 Å². The standard InChI is InChI=1S/C51H44Cl2N8O4/c1-27(2)18-40(60(3)50(62)46-34-8-6-10-42(64-4)36(34)23-44(52)58-46)48-55-26-38(57-48)31-16-15-29-19-28(12-14-30(29)20-31)13-17-33-25-54-49(56-33)41-22-32-21-39(32)61(41)51(63)47-35-9-7-11-43(65-5)37(35)24-45(53)59-47/h6-12,14-16,19-20,23-27,32,39-41H,18,21-22H2,1-5H3,(H,54,56)(H,55,57)/t32-,39-,40+,41+/m1/s1. The van der Waals surface area contributed by atoms with Gasteiger partial charge >= 0.3 is 0 Å². The van der Waals surface area contributed by atoms with Crippen LogP contribution in [-0.4, -0.2) is 78.8 Å². The maximum atomic E-state index is 14.2. The number of aromatic nitrogens is 6. The van der Waals surface area contributed by atoms with Crippen molar-refractivity contribution in [1.29, 1.82) is 0 Å². The number of rotatable bonds is 10. The van der Waals surface area contributed by atoms with Crippen LogP contribution in [0.15, 0.2) is 97.3 Å². The van der Waals surface area contributed by atoms with Gasteiger partial charge in [-0.05, 0) is 90.3 Å². The van der Waals surface area contributed by atoms with E-state index < -0.39 is 0 Å². The number of carbonyl (C=O) groups is 2. The summed E-state index contributed by atoms with van der Waals surface area (Å²) in [6.07, 6.45) is 5.99. The first-order valence-electron chi connectivity index (χ1n) is 21.5. The second kappa shape index (κ2) is 16.9. The summed E-state index contributed by atoms with van der Waals surface area (Å²) in [4.78, 5) is 57.4. The molecule has 65 heavy (non-hydrogen) atoms. The van der Waals surface area contributed by atoms with E-state index in [9.17, 15) is 9.59 Å². The summed E-state index contributed by atoms with van der Waals surface area (Å²) in [7, 11) is 4.97. The van der Waals surface area contributed by atoms with E-state index in [0.717, 1.165) is 51.2 Å². The third-order valence-electron chi connectivity index (χ3n) is 12.6. The summed E-state index contributed by atoms with van der Waals surface area (Å²) in [5, 5.41) is 5.35. The van der Waals surface area contributed by atoms with Crippen molar-refractivity contribution >= 4 is 67.3 Å². The van der Waals surface area contributed by atoms with Crippen molar-refractivity contribution in [2.45, 2.75) is 51.2 Å². The van der Waals surface area contributed by atoms with Crippen LogP contribution in [0.25, 0.3) is 43.6 Å². The molecular formula is C51H44Cl2N8O4. The lowest BCUT2D eigenvalue weighted by molar-refractivity contribution is 0.0685. The van der Waals surface area contributed by atoms with Crippen LogP contribution in [0.1, 0.15) is 89.1 Å². The molecule has 0 bridgehead atoms. The topological polar surface area (TPSA) is 142 Å². The minimum atomic E-state index is -0.354. The SMILES string of the molecule is COc1cccc2c(C(=O)N(C)[C@@H](CC(C)C)c3ncc(-c4ccc5cc(C#Cc6cnc([C@@H]7C[C@H]8C[C@H]8N7C(=O)c7nc(Cl)cc8c(OC)cccc78)[nH]6)ccc5c4)[nH]3)nc(Cl)cc12. The molecule has 326 valence electrons. The first-order chi connectivity index (χ1) is 31.5. The number of aromatic amines is 2. The van der Waals surface area contributed by atoms with Gasteiger partial charge in [0.05, 0.1) is 44.4 Å². The fourth-order valence-electron chi connectivity index (χ4n) is 9.29. The van der Waals surface area contributed by atoms with Gasteiger partial charge in [-0.2, -0.15) is 0 Å². The predicted molar refractivity (Wildman–Crippen MR) is 252 cm³/mol. The molecule has 2 amide bonds. The van der Waals surface area contributed by atoms with Gasteiger partial charge in [-0.1, -0.05) is 85.4 Å². The van der Waals surface area contributed by atoms with Crippen molar-refractivity contribution in [3.8, 4) is 34.6 Å². The lowest BCUT2D eigenvalue weighted by atomic mass is 10.0. The maximum Gasteiger partial charge on any atom is 0.274 e. The number of carbonyl (C=O) groups excluding carboxylic acids is 2. The van der Waals surface area contributed by atoms with E-state index in [2.05, 4.69) is 76.0 Å². The molecule has 0 radical (unpaired) electrons. The summed E-state index contributed by atoms with van der Waals surface area (Å²) < 4.78 is 11.1. The smallest absolute Gasteiger partial charge is 0.274 e. The number of nitrogens with zero attached hydrogens (tertiary/aromatic N) is 6. The number of benzene rings is 4. The number of nitrogens with one attached hydrogen (secondary N) is 2. The largest absolute Gasteiger partial charge is 0.496 e. The minimum absolute atomic E-state index is 0.131. The van der Waals surface area contributed by atoms with Crippen molar-refractivity contribution in [2.24, 2.45) is 11.8 Å². The number of ether oxygens (including phenoxy) is 2. The van der Waals surface area contributed by atoms with Gasteiger partial charge < -0.3 is 29.2 Å². The van der Waals surface area contributed by atoms with Crippen molar-refractivity contribution in [2.75, 3.05) is 21.3 Å². The average molecular weight is 904 g/mol. The Morgan fingerprint density at radius 1 is 0.800 bits per heavy atom. The number of hydrogen-bond donors (Lipinski definition) is 2. The fourth-order valence-corrected chi connectivity index (χ4v) is 9.68. The van der Waals surface area contributed by atoms with Crippen molar-refractivity contribution in [3.63, 3.8) is 0 Å². The molecule has 1 saturated carbocycles. The molecule has 5 heterocycles. The van der Waals surface area contributed by atoms with E-state index in [1.165, 1.54) is 0 Å². The van der Waals surface area contributed by atoms with Crippen molar-refractivity contribution in [3.05, 3.63) is 142 Å². The number of halogens is 2. The summed E-state index contributed by atoms with van der Waals surface area (Å²) in [6, 6.07) is 26.5. The molecule has 14 heteroatoms. The first-order valence-corrected chi connectivity index (χ1v) is 22.3. The lowest BCUT2D eigenvalue weighted by Crippen LogP contribution is -2.34. The average Bonchev–Trinajstić information content (AvgIpc) is 3.63. The van der Waals surface area contributed by atoms with E-state index in [-0.39, 0.29) is 51.9 Å². The molecule has 12 nitrogen and oxygen atoms in total. The van der Waals surface area contributed by atoms with E-state index in [0.29, 0.717) is 57.6 Å². The van der Waals surface area contributed by atoms with Crippen LogP contribution in [-0.2, 0) is 0 Å². The molecule has 2 N–H and O–H groups in total. The molecular weight excluding hydrogens is 860 g/mol. The maximum absolute atomic E-state index is 14.2. The quantitative estimate of drug-likeness (QED) is 0.102. The number of hydrogen-bond acceptors (Lipinski definition) is 8. The number of fused-ring (bicyclic) bond motifs is 4. The van der Waals surface area contributed by atoms with E-state index in [1.807, 2.05) is 53.6 Å². The molecule has 10 rings (SSSR count). The molecule has 1 saturated heterocycles. The van der Waals surface area contributed by atoms with Gasteiger partial charge in [0.25, 0.3) is 11.8 Å². The van der Waals surface area contributed by atoms with E-state index in [4.69, 9.17) is 42.6 Å². The van der Waals surface area contributed by atoms with Crippen LogP contribution >= 0.6 is 23.2 Å². The molecule has 2 aliphatic rings. The molecule has 4 aromatic carbocycles. The highest BCUT2D eigenvalue weighted by molar-refractivity contribution is 6.31. The molecule has 0 unspecified atom stereocenters. The molecule has 2 fully saturated rings. The number of pyridine rings is 2. The van der Waals surface area contributed by atoms with Gasteiger partial charge in [0, 0.05) is 45.8 Å². The Balaban J connectivity index is 0.859. The highest BCUT2D eigenvalue weighted by atomic mass is 35.5. The second-order valence-electron chi connectivity index (χ2n) is 17.2. The van der Waals surface area contributed by atoms with Crippen LogP contribution < -0.4 is 9.47 Å². The number of imidazole rings is 2. The van der Waals surface area contributed by atoms with Crippen LogP contribution in [0, 0.1) is 23.7 Å². The zero-order chi connectivity index (χ0) is 45.1. The van der Waals surface area contributed by atoms with Crippen molar-refractivity contribution < 1.29 is 19.1 Å². The molecule has 1 aliphatic heterocycles. The van der Waals surface area contributed by atoms with E-state index >= 15 is 0 Å². The van der Waals surface area contributed by atoms with Crippen LogP contribution in [0.2, 0.25) is 10.3 Å². The Kier molecular flexibility index (Phi) is 10.9. The summed E-state index contributed by atoms with van der Waals surface area (Å²) in [5.74, 6) is 9.42. The van der Waals surface area contributed by atoms with Gasteiger partial charge in [0.1, 0.15) is 50.5 Å². The molecule has 0 spiro atoms. The Morgan fingerprint density at radius 2 is 1.48 bits per heavy atom. The predicted octanol–water partition coefficient (Wildman–Crippen LogP) is 10.6. The Bertz CT molecular complexity index is 3260. The lowest BCUT2D eigenvalue weighted by Gasteiger charge is -2.28. The second-order valence-corrected chi connectivity index (χ2v) is 18.0. The van der Waals surface area contributed by atoms with Gasteiger partial charge in [0.2, 0.25) is 0 Å². The summed E-state index contributed by atoms with van der Waals surface area (Å²) >= 11 is 12.9. The first kappa shape index (κ1) is 42.0. The third-order valence-corrected chi connectivity index (χ3v) is 13.0. The van der Waals surface area contributed by atoms with Gasteiger partial charge in [-0.3, -0.25) is 9.59 Å². The normalized spacial score (nSPS) is 17.0.